The van der Waals surface area contributed by atoms with Crippen LogP contribution in [0.4, 0.5) is 0 Å². The van der Waals surface area contributed by atoms with Gasteiger partial charge in [0.05, 0.1) is 19.6 Å². The lowest BCUT2D eigenvalue weighted by Crippen LogP contribution is -1.80. The summed E-state index contributed by atoms with van der Waals surface area (Å²) in [5, 5.41) is 2.19. The zero-order valence-electron chi connectivity index (χ0n) is 24.9. The Morgan fingerprint density at radius 2 is 1.14 bits per heavy atom. The Morgan fingerprint density at radius 1 is 0.548 bits per heavy atom. The van der Waals surface area contributed by atoms with Crippen LogP contribution >= 0.6 is 68.0 Å². The first-order chi connectivity index (χ1) is 20.5. The monoisotopic (exact) mass is 666 g/mol. The second kappa shape index (κ2) is 14.0. The Hall–Kier alpha value is -1.68. The molecule has 2 nitrogen and oxygen atoms in total. The van der Waals surface area contributed by atoms with Crippen molar-refractivity contribution in [2.75, 3.05) is 0 Å². The Labute approximate surface area is 274 Å². The maximum atomic E-state index is 5.03. The molecule has 6 aromatic heterocycles. The van der Waals surface area contributed by atoms with E-state index in [1.54, 1.807) is 22.7 Å². The highest BCUT2D eigenvalue weighted by molar-refractivity contribution is 7.31. The van der Waals surface area contributed by atoms with E-state index >= 15 is 0 Å². The minimum absolute atomic E-state index is 1.06. The highest BCUT2D eigenvalue weighted by Crippen LogP contribution is 2.52. The molecule has 6 heterocycles. The van der Waals surface area contributed by atoms with Crippen molar-refractivity contribution >= 4 is 77.7 Å². The molecular weight excluding hydrogens is 629 g/mol. The first kappa shape index (κ1) is 30.4. The van der Waals surface area contributed by atoms with E-state index in [-0.39, 0.29) is 0 Å². The second-order valence-corrected chi connectivity index (χ2v) is 17.8. The minimum atomic E-state index is 1.06. The molecule has 0 aliphatic rings. The van der Waals surface area contributed by atoms with Gasteiger partial charge in [-0.25, -0.2) is 9.97 Å². The van der Waals surface area contributed by atoms with Gasteiger partial charge in [-0.15, -0.1) is 45.3 Å². The number of rotatable bonds is 14. The standard InChI is InChI=1S/C34H38N2S6/c1-5-7-9-11-13-23-15-17-27(39-23)25-19-21(3)37-30(25)31-26(28-18-16-24(40-28)14-12-10-8-6-2)20-29(41-31)32-36-34-33(42-32)35-22(4)38-34/h15-20H,5-14H2,1-4H3. The molecule has 0 amide bonds. The highest BCUT2D eigenvalue weighted by atomic mass is 32.1. The highest BCUT2D eigenvalue weighted by Gasteiger charge is 2.23. The molecule has 6 aromatic rings. The fourth-order valence-electron chi connectivity index (χ4n) is 5.33. The second-order valence-electron chi connectivity index (χ2n) is 11.0. The van der Waals surface area contributed by atoms with Crippen LogP contribution in [0.3, 0.4) is 0 Å². The summed E-state index contributed by atoms with van der Waals surface area (Å²) in [6.45, 7) is 8.90. The largest absolute Gasteiger partial charge is 0.229 e. The van der Waals surface area contributed by atoms with Crippen LogP contribution in [0.25, 0.3) is 50.2 Å². The Balaban J connectivity index is 1.37. The van der Waals surface area contributed by atoms with Gasteiger partial charge in [-0.1, -0.05) is 75.0 Å². The van der Waals surface area contributed by atoms with Crippen molar-refractivity contribution in [2.45, 2.75) is 91.9 Å². The quantitative estimate of drug-likeness (QED) is 0.108. The molecule has 0 aliphatic heterocycles. The zero-order valence-corrected chi connectivity index (χ0v) is 29.8. The van der Waals surface area contributed by atoms with Gasteiger partial charge in [0.15, 0.2) is 9.66 Å². The van der Waals surface area contributed by atoms with Crippen molar-refractivity contribution in [1.82, 2.24) is 9.97 Å². The van der Waals surface area contributed by atoms with Gasteiger partial charge in [0.25, 0.3) is 0 Å². The number of aromatic nitrogens is 2. The number of thiophene rings is 4. The Morgan fingerprint density at radius 3 is 1.76 bits per heavy atom. The first-order valence-corrected chi connectivity index (χ1v) is 20.1. The van der Waals surface area contributed by atoms with Gasteiger partial charge in [-0.2, -0.15) is 0 Å². The Bertz CT molecular complexity index is 1720. The third kappa shape index (κ3) is 6.84. The summed E-state index contributed by atoms with van der Waals surface area (Å²) < 4.78 is 0. The van der Waals surface area contributed by atoms with Crippen LogP contribution in [-0.4, -0.2) is 9.97 Å². The number of thiazole rings is 2. The molecule has 0 unspecified atom stereocenters. The first-order valence-electron chi connectivity index (χ1n) is 15.2. The van der Waals surface area contributed by atoms with Crippen LogP contribution in [0.15, 0.2) is 36.4 Å². The Kier molecular flexibility index (Phi) is 10.1. The summed E-state index contributed by atoms with van der Waals surface area (Å²) in [4.78, 5) is 23.1. The third-order valence-corrected chi connectivity index (χ3v) is 14.3. The SMILES string of the molecule is CCCCCCc1ccc(-c2cc(C)sc2-c2sc(-c3nc4sc(C)nc4s3)cc2-c2ccc(CCCCCC)s2)s1. The van der Waals surface area contributed by atoms with Gasteiger partial charge in [0.1, 0.15) is 5.01 Å². The molecule has 0 aliphatic carbocycles. The van der Waals surface area contributed by atoms with Crippen molar-refractivity contribution in [1.29, 1.82) is 0 Å². The average Bonchev–Trinajstić information content (AvgIpc) is 3.80. The molecule has 0 fully saturated rings. The summed E-state index contributed by atoms with van der Waals surface area (Å²) in [6, 6.07) is 14.3. The molecule has 0 N–H and O–H groups in total. The molecule has 0 bridgehead atoms. The van der Waals surface area contributed by atoms with Crippen LogP contribution < -0.4 is 0 Å². The van der Waals surface area contributed by atoms with Gasteiger partial charge >= 0.3 is 0 Å². The lowest BCUT2D eigenvalue weighted by Gasteiger charge is -2.04. The van der Waals surface area contributed by atoms with Crippen molar-refractivity contribution in [3.05, 3.63) is 56.0 Å². The topological polar surface area (TPSA) is 25.8 Å². The van der Waals surface area contributed by atoms with Crippen molar-refractivity contribution in [2.24, 2.45) is 0 Å². The van der Waals surface area contributed by atoms with E-state index in [1.807, 2.05) is 45.3 Å². The molecule has 0 saturated carbocycles. The van der Waals surface area contributed by atoms with Crippen LogP contribution in [0.2, 0.25) is 0 Å². The maximum absolute atomic E-state index is 5.03. The summed E-state index contributed by atoms with van der Waals surface area (Å²) in [6.07, 6.45) is 12.9. The predicted molar refractivity (Wildman–Crippen MR) is 194 cm³/mol. The average molecular weight is 667 g/mol. The van der Waals surface area contributed by atoms with Crippen LogP contribution in [-0.2, 0) is 12.8 Å². The van der Waals surface area contributed by atoms with E-state index in [4.69, 9.17) is 9.97 Å². The van der Waals surface area contributed by atoms with Gasteiger partial charge in [-0.3, -0.25) is 0 Å². The van der Waals surface area contributed by atoms with Gasteiger partial charge in [0, 0.05) is 35.5 Å². The molecule has 8 heteroatoms. The van der Waals surface area contributed by atoms with Crippen molar-refractivity contribution in [3.63, 3.8) is 0 Å². The van der Waals surface area contributed by atoms with E-state index < -0.39 is 0 Å². The van der Waals surface area contributed by atoms with Crippen molar-refractivity contribution in [3.8, 4) is 40.5 Å². The number of aryl methyl sites for hydroxylation is 4. The number of nitrogens with zero attached hydrogens (tertiary/aromatic N) is 2. The molecule has 0 atom stereocenters. The fraction of sp³-hybridized carbons (Fsp3) is 0.412. The molecule has 42 heavy (non-hydrogen) atoms. The molecule has 0 aromatic carbocycles. The molecular formula is C34H38N2S6. The normalized spacial score (nSPS) is 11.8. The van der Waals surface area contributed by atoms with E-state index in [0.29, 0.717) is 0 Å². The lowest BCUT2D eigenvalue weighted by molar-refractivity contribution is 0.670. The smallest absolute Gasteiger partial charge is 0.155 e. The third-order valence-electron chi connectivity index (χ3n) is 7.49. The summed E-state index contributed by atoms with van der Waals surface area (Å²) in [5.74, 6) is 0. The van der Waals surface area contributed by atoms with Gasteiger partial charge in [-0.05, 0) is 75.9 Å². The van der Waals surface area contributed by atoms with Crippen LogP contribution in [0.1, 0.15) is 84.9 Å². The van der Waals surface area contributed by atoms with Gasteiger partial charge in [0.2, 0.25) is 0 Å². The zero-order chi connectivity index (χ0) is 29.1. The van der Waals surface area contributed by atoms with E-state index in [1.165, 1.54) is 114 Å². The number of hydrogen-bond donors (Lipinski definition) is 0. The van der Waals surface area contributed by atoms with E-state index in [0.717, 1.165) is 19.7 Å². The summed E-state index contributed by atoms with van der Waals surface area (Å²) in [7, 11) is 0. The minimum Gasteiger partial charge on any atom is -0.229 e. The molecule has 0 saturated heterocycles. The number of hydrogen-bond acceptors (Lipinski definition) is 8. The lowest BCUT2D eigenvalue weighted by atomic mass is 10.1. The fourth-order valence-corrected chi connectivity index (χ4v) is 11.9. The molecule has 0 radical (unpaired) electrons. The molecule has 0 spiro atoms. The van der Waals surface area contributed by atoms with Crippen molar-refractivity contribution < 1.29 is 0 Å². The van der Waals surface area contributed by atoms with Gasteiger partial charge < -0.3 is 0 Å². The van der Waals surface area contributed by atoms with Crippen LogP contribution in [0.5, 0.6) is 0 Å². The molecule has 6 rings (SSSR count). The maximum Gasteiger partial charge on any atom is 0.155 e. The number of unbranched alkanes of at least 4 members (excludes halogenated alkanes) is 6. The summed E-state index contributed by atoms with van der Waals surface area (Å²) in [5.41, 5.74) is 2.76. The number of fused-ring (bicyclic) bond motifs is 1. The van der Waals surface area contributed by atoms with E-state index in [9.17, 15) is 0 Å². The van der Waals surface area contributed by atoms with E-state index in [2.05, 4.69) is 64.1 Å². The predicted octanol–water partition coefficient (Wildman–Crippen LogP) is 13.5. The molecule has 220 valence electrons. The van der Waals surface area contributed by atoms with Crippen LogP contribution in [0, 0.1) is 13.8 Å². The summed E-state index contributed by atoms with van der Waals surface area (Å²) >= 11 is 11.3.